The number of rotatable bonds is 8. The molecule has 184 valence electrons. The van der Waals surface area contributed by atoms with Crippen molar-refractivity contribution in [1.82, 2.24) is 19.1 Å². The van der Waals surface area contributed by atoms with Crippen molar-refractivity contribution in [3.8, 4) is 16.9 Å². The molecule has 2 N–H and O–H groups in total. The summed E-state index contributed by atoms with van der Waals surface area (Å²) in [4.78, 5) is 4.63. The number of anilines is 2. The Balaban J connectivity index is 1.63. The second kappa shape index (κ2) is 9.29. The molecular weight excluding hydrogens is 466 g/mol. The highest BCUT2D eigenvalue weighted by atomic mass is 32.2. The van der Waals surface area contributed by atoms with Crippen LogP contribution in [0.1, 0.15) is 13.8 Å². The normalized spacial score (nSPS) is 12.3. The second-order valence-electron chi connectivity index (χ2n) is 9.15. The van der Waals surface area contributed by atoms with Gasteiger partial charge in [-0.1, -0.05) is 12.1 Å². The van der Waals surface area contributed by atoms with Gasteiger partial charge in [-0.3, -0.25) is 4.68 Å². The summed E-state index contributed by atoms with van der Waals surface area (Å²) in [6.07, 6.45) is 5.46. The van der Waals surface area contributed by atoms with E-state index in [1.807, 2.05) is 24.4 Å². The SMILES string of the molecule is COc1cc(S(=O)(=O)N(C)C)ccc1Nc1cc2cc(-c3cnn(CC(C)(C)O)c3)ccc2cn1. The third-order valence-electron chi connectivity index (χ3n) is 5.45. The summed E-state index contributed by atoms with van der Waals surface area (Å²) >= 11 is 0. The van der Waals surface area contributed by atoms with Crippen LogP contribution < -0.4 is 10.1 Å². The monoisotopic (exact) mass is 495 g/mol. The molecule has 0 unspecified atom stereocenters. The smallest absolute Gasteiger partial charge is 0.242 e. The molecule has 0 amide bonds. The number of sulfonamides is 1. The number of aromatic nitrogens is 3. The number of hydrogen-bond donors (Lipinski definition) is 2. The van der Waals surface area contributed by atoms with E-state index < -0.39 is 15.6 Å². The topological polar surface area (TPSA) is 110 Å². The summed E-state index contributed by atoms with van der Waals surface area (Å²) in [7, 11) is 0.884. The maximum absolute atomic E-state index is 12.5. The van der Waals surface area contributed by atoms with Gasteiger partial charge in [0.05, 0.1) is 36.0 Å². The average molecular weight is 496 g/mol. The van der Waals surface area contributed by atoms with Crippen LogP contribution >= 0.6 is 0 Å². The molecule has 0 aliphatic heterocycles. The van der Waals surface area contributed by atoms with Crippen LogP contribution in [0.4, 0.5) is 11.5 Å². The lowest BCUT2D eigenvalue weighted by Crippen LogP contribution is -2.26. The van der Waals surface area contributed by atoms with E-state index in [0.29, 0.717) is 23.8 Å². The number of methoxy groups -OCH3 is 1. The molecule has 9 nitrogen and oxygen atoms in total. The molecule has 0 fully saturated rings. The maximum atomic E-state index is 12.5. The first-order chi connectivity index (χ1) is 16.5. The number of benzene rings is 2. The van der Waals surface area contributed by atoms with E-state index in [2.05, 4.69) is 21.5 Å². The fourth-order valence-electron chi connectivity index (χ4n) is 3.67. The molecule has 2 heterocycles. The summed E-state index contributed by atoms with van der Waals surface area (Å²) in [5.41, 5.74) is 1.69. The highest BCUT2D eigenvalue weighted by Gasteiger charge is 2.19. The van der Waals surface area contributed by atoms with Crippen LogP contribution in [0.2, 0.25) is 0 Å². The van der Waals surface area contributed by atoms with Crippen molar-refractivity contribution in [3.05, 3.63) is 61.1 Å². The lowest BCUT2D eigenvalue weighted by atomic mass is 10.0. The Kier molecular flexibility index (Phi) is 6.54. The Labute approximate surface area is 205 Å². The lowest BCUT2D eigenvalue weighted by Gasteiger charge is -2.16. The highest BCUT2D eigenvalue weighted by molar-refractivity contribution is 7.89. The number of nitrogens with zero attached hydrogens (tertiary/aromatic N) is 4. The first-order valence-corrected chi connectivity index (χ1v) is 12.4. The minimum atomic E-state index is -3.58. The zero-order valence-electron chi connectivity index (χ0n) is 20.3. The highest BCUT2D eigenvalue weighted by Crippen LogP contribution is 2.32. The molecule has 0 atom stereocenters. The third-order valence-corrected chi connectivity index (χ3v) is 7.26. The third kappa shape index (κ3) is 5.45. The summed E-state index contributed by atoms with van der Waals surface area (Å²) in [5, 5.41) is 19.6. The van der Waals surface area contributed by atoms with E-state index in [0.717, 1.165) is 26.2 Å². The quantitative estimate of drug-likeness (QED) is 0.382. The van der Waals surface area contributed by atoms with Crippen molar-refractivity contribution in [2.24, 2.45) is 0 Å². The van der Waals surface area contributed by atoms with Crippen LogP contribution in [0.15, 0.2) is 66.0 Å². The Bertz CT molecular complexity index is 1470. The Hall–Kier alpha value is -3.47. The molecule has 0 aliphatic rings. The fraction of sp³-hybridized carbons (Fsp3) is 0.280. The van der Waals surface area contributed by atoms with E-state index >= 15 is 0 Å². The largest absolute Gasteiger partial charge is 0.495 e. The van der Waals surface area contributed by atoms with E-state index in [4.69, 9.17) is 4.74 Å². The van der Waals surface area contributed by atoms with Gasteiger partial charge in [0.1, 0.15) is 11.6 Å². The van der Waals surface area contributed by atoms with Crippen LogP contribution in [0.25, 0.3) is 21.9 Å². The molecule has 0 spiro atoms. The van der Waals surface area contributed by atoms with Gasteiger partial charge >= 0.3 is 0 Å². The van der Waals surface area contributed by atoms with E-state index in [1.165, 1.54) is 33.3 Å². The van der Waals surface area contributed by atoms with Gasteiger partial charge in [-0.25, -0.2) is 17.7 Å². The van der Waals surface area contributed by atoms with E-state index in [1.54, 1.807) is 37.0 Å². The zero-order chi connectivity index (χ0) is 25.4. The van der Waals surface area contributed by atoms with Gasteiger partial charge in [0.15, 0.2) is 0 Å². The fourth-order valence-corrected chi connectivity index (χ4v) is 4.59. The molecule has 2 aromatic carbocycles. The number of pyridine rings is 1. The molecule has 4 rings (SSSR count). The maximum Gasteiger partial charge on any atom is 0.242 e. The van der Waals surface area contributed by atoms with E-state index in [9.17, 15) is 13.5 Å². The van der Waals surface area contributed by atoms with Crippen LogP contribution in [-0.2, 0) is 16.6 Å². The van der Waals surface area contributed by atoms with Crippen molar-refractivity contribution in [2.75, 3.05) is 26.5 Å². The minimum absolute atomic E-state index is 0.145. The standard InChI is InChI=1S/C25H29N5O4S/c1-25(2,31)16-30-15-20(14-27-30)17-6-7-18-13-26-24(11-19(18)10-17)28-22-9-8-21(12-23(22)34-5)35(32,33)29(3)4/h6-15,31H,16H2,1-5H3,(H,26,28). The van der Waals surface area contributed by atoms with Crippen molar-refractivity contribution in [1.29, 1.82) is 0 Å². The molecule has 2 aromatic heterocycles. The van der Waals surface area contributed by atoms with Gasteiger partial charge in [0.25, 0.3) is 0 Å². The van der Waals surface area contributed by atoms with Gasteiger partial charge in [0, 0.05) is 43.5 Å². The molecule has 10 heteroatoms. The molecule has 4 aromatic rings. The molecule has 0 saturated heterocycles. The molecule has 0 bridgehead atoms. The van der Waals surface area contributed by atoms with Crippen molar-refractivity contribution in [3.63, 3.8) is 0 Å². The van der Waals surface area contributed by atoms with Crippen LogP contribution in [-0.4, -0.2) is 59.4 Å². The molecule has 0 aliphatic carbocycles. The number of ether oxygens (including phenoxy) is 1. The molecule has 0 radical (unpaired) electrons. The summed E-state index contributed by atoms with van der Waals surface area (Å²) < 4.78 is 33.2. The van der Waals surface area contributed by atoms with Gasteiger partial charge in [-0.2, -0.15) is 5.10 Å². The number of hydrogen-bond acceptors (Lipinski definition) is 7. The summed E-state index contributed by atoms with van der Waals surface area (Å²) in [5.74, 6) is 0.983. The first-order valence-electron chi connectivity index (χ1n) is 11.0. The van der Waals surface area contributed by atoms with Crippen molar-refractivity contribution >= 4 is 32.3 Å². The lowest BCUT2D eigenvalue weighted by molar-refractivity contribution is 0.0577. The molecular formula is C25H29N5O4S. The minimum Gasteiger partial charge on any atom is -0.495 e. The number of aliphatic hydroxyl groups is 1. The van der Waals surface area contributed by atoms with Gasteiger partial charge in [0.2, 0.25) is 10.0 Å². The Morgan fingerprint density at radius 3 is 2.51 bits per heavy atom. The van der Waals surface area contributed by atoms with Crippen molar-refractivity contribution < 1.29 is 18.3 Å². The van der Waals surface area contributed by atoms with Gasteiger partial charge in [-0.05, 0) is 49.1 Å². The molecule has 35 heavy (non-hydrogen) atoms. The van der Waals surface area contributed by atoms with E-state index in [-0.39, 0.29) is 4.90 Å². The van der Waals surface area contributed by atoms with Crippen LogP contribution in [0, 0.1) is 0 Å². The summed E-state index contributed by atoms with van der Waals surface area (Å²) in [6.45, 7) is 3.89. The van der Waals surface area contributed by atoms with Crippen LogP contribution in [0.5, 0.6) is 5.75 Å². The number of fused-ring (bicyclic) bond motifs is 1. The molecule has 0 saturated carbocycles. The number of nitrogens with one attached hydrogen (secondary N) is 1. The van der Waals surface area contributed by atoms with Crippen molar-refractivity contribution in [2.45, 2.75) is 30.9 Å². The Morgan fingerprint density at radius 2 is 1.83 bits per heavy atom. The predicted octanol–water partition coefficient (Wildman–Crippen LogP) is 3.87. The zero-order valence-corrected chi connectivity index (χ0v) is 21.2. The van der Waals surface area contributed by atoms with Gasteiger partial charge < -0.3 is 15.2 Å². The Morgan fingerprint density at radius 1 is 1.06 bits per heavy atom. The van der Waals surface area contributed by atoms with Gasteiger partial charge in [-0.15, -0.1) is 0 Å². The second-order valence-corrected chi connectivity index (χ2v) is 11.3. The average Bonchev–Trinajstić information content (AvgIpc) is 3.25. The first kappa shape index (κ1) is 24.6. The van der Waals surface area contributed by atoms with Crippen LogP contribution in [0.3, 0.4) is 0 Å². The predicted molar refractivity (Wildman–Crippen MR) is 136 cm³/mol. The summed E-state index contributed by atoms with van der Waals surface area (Å²) in [6, 6.07) is 12.7.